The first-order valence-corrected chi connectivity index (χ1v) is 7.86. The molecule has 106 valence electrons. The van der Waals surface area contributed by atoms with Gasteiger partial charge in [0, 0.05) is 0 Å². The first-order chi connectivity index (χ1) is 10.9. The number of allylic oxidation sites excluding steroid dienone is 1. The van der Waals surface area contributed by atoms with Crippen molar-refractivity contribution < 1.29 is 0 Å². The van der Waals surface area contributed by atoms with Crippen LogP contribution in [0, 0.1) is 0 Å². The van der Waals surface area contributed by atoms with E-state index in [-0.39, 0.29) is 0 Å². The molecule has 0 heterocycles. The van der Waals surface area contributed by atoms with Crippen molar-refractivity contribution >= 4 is 29.0 Å². The highest BCUT2D eigenvalue weighted by Gasteiger charge is 2.06. The van der Waals surface area contributed by atoms with E-state index in [9.17, 15) is 0 Å². The summed E-state index contributed by atoms with van der Waals surface area (Å²) in [4.78, 5) is 0. The summed E-state index contributed by atoms with van der Waals surface area (Å²) < 4.78 is 0. The van der Waals surface area contributed by atoms with Gasteiger partial charge >= 0.3 is 0 Å². The Morgan fingerprint density at radius 3 is 2.05 bits per heavy atom. The van der Waals surface area contributed by atoms with Crippen LogP contribution in [0.1, 0.15) is 17.5 Å². The summed E-state index contributed by atoms with van der Waals surface area (Å²) in [7, 11) is 0. The normalized spacial score (nSPS) is 13.6. The third kappa shape index (κ3) is 2.37. The molecule has 0 nitrogen and oxygen atoms in total. The van der Waals surface area contributed by atoms with Crippen LogP contribution < -0.4 is 10.4 Å². The Kier molecular flexibility index (Phi) is 3.36. The molecule has 5 rings (SSSR count). The van der Waals surface area contributed by atoms with Gasteiger partial charge in [-0.15, -0.1) is 0 Å². The van der Waals surface area contributed by atoms with Gasteiger partial charge in [0.2, 0.25) is 0 Å². The maximum Gasteiger partial charge on any atom is -0.0112 e. The third-order valence-corrected chi connectivity index (χ3v) is 4.37. The first-order valence-electron chi connectivity index (χ1n) is 7.86. The second-order valence-corrected chi connectivity index (χ2v) is 5.76. The van der Waals surface area contributed by atoms with Gasteiger partial charge in [-0.1, -0.05) is 85.0 Å². The third-order valence-electron chi connectivity index (χ3n) is 4.37. The summed E-state index contributed by atoms with van der Waals surface area (Å²) in [5.41, 5.74) is 2.90. The van der Waals surface area contributed by atoms with Gasteiger partial charge < -0.3 is 0 Å². The van der Waals surface area contributed by atoms with Gasteiger partial charge in [0.1, 0.15) is 0 Å². The summed E-state index contributed by atoms with van der Waals surface area (Å²) in [5, 5.41) is 5.54. The number of benzene rings is 3. The highest BCUT2D eigenvalue weighted by Crippen LogP contribution is 2.11. The Morgan fingerprint density at radius 1 is 0.682 bits per heavy atom. The van der Waals surface area contributed by atoms with Crippen LogP contribution in [0.5, 0.6) is 0 Å². The summed E-state index contributed by atoms with van der Waals surface area (Å²) in [6, 6.07) is 21.2. The summed E-state index contributed by atoms with van der Waals surface area (Å²) >= 11 is 0. The van der Waals surface area contributed by atoms with Crippen molar-refractivity contribution in [3.05, 3.63) is 88.3 Å². The van der Waals surface area contributed by atoms with E-state index < -0.39 is 0 Å². The second kappa shape index (κ2) is 5.65. The van der Waals surface area contributed by atoms with Crippen LogP contribution >= 0.6 is 0 Å². The molecule has 0 N–H and O–H groups in total. The lowest BCUT2D eigenvalue weighted by atomic mass is 10.1. The molecular weight excluding hydrogens is 264 g/mol. The van der Waals surface area contributed by atoms with Crippen molar-refractivity contribution in [3.8, 4) is 0 Å². The molecule has 22 heavy (non-hydrogen) atoms. The minimum Gasteiger partial charge on any atom is -0.0760 e. The average Bonchev–Trinajstić information content (AvgIpc) is 3.23. The fourth-order valence-corrected chi connectivity index (χ4v) is 3.24. The molecule has 0 heteroatoms. The minimum atomic E-state index is 1.22. The zero-order valence-electron chi connectivity index (χ0n) is 12.5. The fourth-order valence-electron chi connectivity index (χ4n) is 3.24. The molecule has 0 saturated heterocycles. The van der Waals surface area contributed by atoms with Gasteiger partial charge in [-0.25, -0.2) is 0 Å². The largest absolute Gasteiger partial charge is 0.0760 e. The molecule has 0 radical (unpaired) electrons. The molecular formula is C22H18. The van der Waals surface area contributed by atoms with Crippen molar-refractivity contribution in [1.29, 1.82) is 0 Å². The zero-order chi connectivity index (χ0) is 14.8. The van der Waals surface area contributed by atoms with Crippen molar-refractivity contribution in [2.24, 2.45) is 0 Å². The predicted molar refractivity (Wildman–Crippen MR) is 95.9 cm³/mol. The predicted octanol–water partition coefficient (Wildman–Crippen LogP) is 4.06. The minimum absolute atomic E-state index is 1.22. The number of rotatable bonds is 0. The molecule has 0 fully saturated rings. The van der Waals surface area contributed by atoms with E-state index >= 15 is 0 Å². The van der Waals surface area contributed by atoms with Crippen LogP contribution in [0.2, 0.25) is 0 Å². The van der Waals surface area contributed by atoms with Crippen LogP contribution in [0.4, 0.5) is 0 Å². The van der Waals surface area contributed by atoms with Gasteiger partial charge in [-0.05, 0) is 45.2 Å². The van der Waals surface area contributed by atoms with E-state index in [1.165, 1.54) is 45.2 Å². The Bertz CT molecular complexity index is 909. The monoisotopic (exact) mass is 282 g/mol. The van der Waals surface area contributed by atoms with Gasteiger partial charge in [-0.2, -0.15) is 0 Å². The van der Waals surface area contributed by atoms with Crippen molar-refractivity contribution in [3.63, 3.8) is 0 Å². The van der Waals surface area contributed by atoms with Crippen LogP contribution in [0.3, 0.4) is 0 Å². The summed E-state index contributed by atoms with van der Waals surface area (Å²) in [6.45, 7) is 0. The highest BCUT2D eigenvalue weighted by molar-refractivity contribution is 5.82. The van der Waals surface area contributed by atoms with Crippen LogP contribution in [-0.4, -0.2) is 0 Å². The van der Waals surface area contributed by atoms with Crippen molar-refractivity contribution in [1.82, 2.24) is 0 Å². The summed E-state index contributed by atoms with van der Waals surface area (Å²) in [6.07, 6.45) is 11.3. The molecule has 0 aliphatic heterocycles. The molecule has 0 bridgehead atoms. The van der Waals surface area contributed by atoms with Crippen LogP contribution in [0.25, 0.3) is 29.0 Å². The van der Waals surface area contributed by atoms with E-state index in [2.05, 4.69) is 85.0 Å². The SMILES string of the molecule is C1=Cc2ccc3c(c2=C1)=CCC3.c1ccc2ccccc2c1. The molecule has 0 atom stereocenters. The van der Waals surface area contributed by atoms with E-state index in [1.54, 1.807) is 0 Å². The lowest BCUT2D eigenvalue weighted by Crippen LogP contribution is -2.26. The van der Waals surface area contributed by atoms with Crippen molar-refractivity contribution in [2.75, 3.05) is 0 Å². The zero-order valence-corrected chi connectivity index (χ0v) is 12.5. The Hall–Kier alpha value is -2.60. The van der Waals surface area contributed by atoms with E-state index in [1.807, 2.05) is 0 Å². The molecule has 2 aliphatic rings. The fraction of sp³-hybridized carbons (Fsp3) is 0.0909. The molecule has 0 amide bonds. The Morgan fingerprint density at radius 2 is 1.36 bits per heavy atom. The molecule has 0 aromatic heterocycles. The smallest absolute Gasteiger partial charge is 0.0112 e. The topological polar surface area (TPSA) is 0 Å². The Balaban J connectivity index is 0.000000116. The quantitative estimate of drug-likeness (QED) is 0.583. The second-order valence-electron chi connectivity index (χ2n) is 5.76. The lowest BCUT2D eigenvalue weighted by molar-refractivity contribution is 1.08. The molecule has 2 aliphatic carbocycles. The van der Waals surface area contributed by atoms with E-state index in [0.717, 1.165) is 0 Å². The number of aryl methyl sites for hydroxylation is 1. The van der Waals surface area contributed by atoms with Gasteiger partial charge in [-0.3, -0.25) is 0 Å². The number of hydrogen-bond donors (Lipinski definition) is 0. The van der Waals surface area contributed by atoms with Crippen molar-refractivity contribution in [2.45, 2.75) is 12.8 Å². The lowest BCUT2D eigenvalue weighted by Gasteiger charge is -1.96. The number of hydrogen-bond acceptors (Lipinski definition) is 0. The molecule has 0 unspecified atom stereocenters. The molecule has 3 aromatic rings. The maximum absolute atomic E-state index is 2.36. The summed E-state index contributed by atoms with van der Waals surface area (Å²) in [5.74, 6) is 0. The maximum atomic E-state index is 2.36. The van der Waals surface area contributed by atoms with Gasteiger partial charge in [0.25, 0.3) is 0 Å². The molecule has 0 saturated carbocycles. The van der Waals surface area contributed by atoms with Crippen LogP contribution in [-0.2, 0) is 6.42 Å². The highest BCUT2D eigenvalue weighted by atomic mass is 14.1. The van der Waals surface area contributed by atoms with Gasteiger partial charge in [0.05, 0.1) is 0 Å². The molecule has 3 aromatic carbocycles. The molecule has 0 spiro atoms. The van der Waals surface area contributed by atoms with E-state index in [4.69, 9.17) is 0 Å². The van der Waals surface area contributed by atoms with Crippen LogP contribution in [0.15, 0.2) is 66.7 Å². The van der Waals surface area contributed by atoms with E-state index in [0.29, 0.717) is 0 Å². The number of fused-ring (bicyclic) bond motifs is 4. The first kappa shape index (κ1) is 13.1. The Labute approximate surface area is 130 Å². The van der Waals surface area contributed by atoms with Gasteiger partial charge in [0.15, 0.2) is 0 Å². The standard InChI is InChI=1S/C12H10.C10H8/c1-3-9-7-8-10-4-2-6-12(10)11(9)5-1;1-2-6-10-8-4-3-7-9(10)5-1/h1,3,5-8H,2,4H2;1-8H. The average molecular weight is 282 g/mol.